The van der Waals surface area contributed by atoms with E-state index in [9.17, 15) is 14.0 Å². The summed E-state index contributed by atoms with van der Waals surface area (Å²) in [6.07, 6.45) is 1.39. The number of hydrogen-bond acceptors (Lipinski definition) is 3. The third-order valence-electron chi connectivity index (χ3n) is 2.49. The van der Waals surface area contributed by atoms with Crippen molar-refractivity contribution >= 4 is 29.2 Å². The van der Waals surface area contributed by atoms with E-state index in [0.717, 1.165) is 6.07 Å². The van der Waals surface area contributed by atoms with Crippen LogP contribution in [0.5, 0.6) is 0 Å². The highest BCUT2D eigenvalue weighted by atomic mass is 35.5. The van der Waals surface area contributed by atoms with Crippen LogP contribution in [0.25, 0.3) is 0 Å². The number of amides is 1. The third kappa shape index (κ3) is 2.75. The second-order valence-electron chi connectivity index (χ2n) is 3.76. The second kappa shape index (κ2) is 5.66. The van der Waals surface area contributed by atoms with E-state index >= 15 is 0 Å². The number of hydrogen-bond donors (Lipinski definition) is 2. The fourth-order valence-electron chi connectivity index (χ4n) is 1.57. The minimum absolute atomic E-state index is 0.0220. The third-order valence-corrected chi connectivity index (χ3v) is 2.79. The van der Waals surface area contributed by atoms with Crippen LogP contribution in [0.2, 0.25) is 5.15 Å². The maximum atomic E-state index is 13.7. The lowest BCUT2D eigenvalue weighted by Crippen LogP contribution is -2.16. The number of carboxylic acid groups (broad SMARTS) is 1. The van der Waals surface area contributed by atoms with Gasteiger partial charge < -0.3 is 10.4 Å². The van der Waals surface area contributed by atoms with E-state index in [1.54, 1.807) is 0 Å². The molecular formula is C13H8ClFN2O3. The first-order chi connectivity index (χ1) is 9.50. The van der Waals surface area contributed by atoms with Gasteiger partial charge in [-0.1, -0.05) is 17.7 Å². The van der Waals surface area contributed by atoms with Crippen LogP contribution < -0.4 is 5.32 Å². The second-order valence-corrected chi connectivity index (χ2v) is 4.12. The summed E-state index contributed by atoms with van der Waals surface area (Å²) in [4.78, 5) is 26.7. The van der Waals surface area contributed by atoms with Crippen molar-refractivity contribution in [2.75, 3.05) is 5.32 Å². The number of aromatic carboxylic acids is 1. The molecule has 7 heteroatoms. The van der Waals surface area contributed by atoms with Gasteiger partial charge in [0.15, 0.2) is 0 Å². The summed E-state index contributed by atoms with van der Waals surface area (Å²) >= 11 is 5.75. The van der Waals surface area contributed by atoms with E-state index < -0.39 is 23.4 Å². The molecule has 0 fully saturated rings. The van der Waals surface area contributed by atoms with Crippen LogP contribution in [0.4, 0.5) is 10.1 Å². The average Bonchev–Trinajstić information content (AvgIpc) is 2.41. The van der Waals surface area contributed by atoms with Crippen LogP contribution in [-0.2, 0) is 0 Å². The Kier molecular flexibility index (Phi) is 3.95. The Morgan fingerprint density at radius 3 is 2.55 bits per heavy atom. The Bertz CT molecular complexity index is 691. The first kappa shape index (κ1) is 14.0. The number of aromatic nitrogens is 1. The van der Waals surface area contributed by atoms with Crippen LogP contribution in [0.1, 0.15) is 20.7 Å². The maximum absolute atomic E-state index is 13.7. The molecule has 0 radical (unpaired) electrons. The van der Waals surface area contributed by atoms with Gasteiger partial charge in [-0.25, -0.2) is 14.2 Å². The Morgan fingerprint density at radius 1 is 1.20 bits per heavy atom. The van der Waals surface area contributed by atoms with E-state index in [2.05, 4.69) is 10.3 Å². The lowest BCUT2D eigenvalue weighted by Gasteiger charge is -2.09. The van der Waals surface area contributed by atoms with Crippen molar-refractivity contribution in [1.82, 2.24) is 4.98 Å². The summed E-state index contributed by atoms with van der Waals surface area (Å²) < 4.78 is 13.7. The molecule has 1 aromatic carbocycles. The molecule has 1 aromatic heterocycles. The van der Waals surface area contributed by atoms with E-state index in [4.69, 9.17) is 16.7 Å². The number of benzene rings is 1. The molecule has 0 spiro atoms. The minimum atomic E-state index is -1.35. The number of pyridine rings is 1. The molecule has 2 rings (SSSR count). The number of rotatable bonds is 3. The predicted molar refractivity (Wildman–Crippen MR) is 70.6 cm³/mol. The molecule has 2 aromatic rings. The van der Waals surface area contributed by atoms with Crippen LogP contribution in [-0.4, -0.2) is 22.0 Å². The molecule has 20 heavy (non-hydrogen) atoms. The normalized spacial score (nSPS) is 10.1. The van der Waals surface area contributed by atoms with Crippen LogP contribution in [0.3, 0.4) is 0 Å². The molecule has 0 atom stereocenters. The Hall–Kier alpha value is -2.47. The fraction of sp³-hybridized carbons (Fsp3) is 0. The first-order valence-corrected chi connectivity index (χ1v) is 5.82. The van der Waals surface area contributed by atoms with Crippen molar-refractivity contribution in [2.45, 2.75) is 0 Å². The van der Waals surface area contributed by atoms with E-state index in [1.165, 1.54) is 30.5 Å². The Balaban J connectivity index is 2.38. The molecule has 1 heterocycles. The zero-order chi connectivity index (χ0) is 14.7. The highest BCUT2D eigenvalue weighted by Crippen LogP contribution is 2.22. The monoisotopic (exact) mass is 294 g/mol. The molecule has 0 aliphatic carbocycles. The summed E-state index contributed by atoms with van der Waals surface area (Å²) in [7, 11) is 0. The molecule has 0 aliphatic heterocycles. The minimum Gasteiger partial charge on any atom is -0.478 e. The van der Waals surface area contributed by atoms with Gasteiger partial charge in [0.1, 0.15) is 11.0 Å². The number of nitrogens with one attached hydrogen (secondary N) is 1. The molecular weight excluding hydrogens is 287 g/mol. The molecule has 102 valence electrons. The number of anilines is 1. The molecule has 0 bridgehead atoms. The average molecular weight is 295 g/mol. The van der Waals surface area contributed by atoms with Gasteiger partial charge in [0.25, 0.3) is 5.91 Å². The van der Waals surface area contributed by atoms with Gasteiger partial charge in [-0.2, -0.15) is 0 Å². The fourth-order valence-corrected chi connectivity index (χ4v) is 1.77. The first-order valence-electron chi connectivity index (χ1n) is 5.44. The Labute approximate surface area is 118 Å². The van der Waals surface area contributed by atoms with Crippen LogP contribution >= 0.6 is 11.6 Å². The zero-order valence-electron chi connectivity index (χ0n) is 9.93. The topological polar surface area (TPSA) is 79.3 Å². The quantitative estimate of drug-likeness (QED) is 0.853. The summed E-state index contributed by atoms with van der Waals surface area (Å²) in [6.45, 7) is 0. The summed E-state index contributed by atoms with van der Waals surface area (Å²) in [5.74, 6) is -2.94. The summed E-state index contributed by atoms with van der Waals surface area (Å²) in [5, 5.41) is 11.1. The smallest absolute Gasteiger partial charge is 0.337 e. The number of halogens is 2. The standard InChI is InChI=1S/C13H8ClFN2O3/c14-11-8(4-2-6-16-11)12(18)17-10-7(13(19)20)3-1-5-9(10)15/h1-6H,(H,17,18)(H,19,20). The highest BCUT2D eigenvalue weighted by Gasteiger charge is 2.18. The van der Waals surface area contributed by atoms with Gasteiger partial charge in [0, 0.05) is 6.20 Å². The van der Waals surface area contributed by atoms with Gasteiger partial charge in [0.05, 0.1) is 16.8 Å². The molecule has 0 aliphatic rings. The number of carbonyl (C=O) groups is 2. The van der Waals surface area contributed by atoms with Gasteiger partial charge >= 0.3 is 5.97 Å². The number of para-hydroxylation sites is 1. The lowest BCUT2D eigenvalue weighted by molar-refractivity contribution is 0.0697. The van der Waals surface area contributed by atoms with E-state index in [0.29, 0.717) is 0 Å². The SMILES string of the molecule is O=C(Nc1c(F)cccc1C(=O)O)c1cccnc1Cl. The summed E-state index contributed by atoms with van der Waals surface area (Å²) in [6, 6.07) is 6.36. The maximum Gasteiger partial charge on any atom is 0.337 e. The van der Waals surface area contributed by atoms with Crippen molar-refractivity contribution < 1.29 is 19.1 Å². The van der Waals surface area contributed by atoms with E-state index in [-0.39, 0.29) is 16.3 Å². The van der Waals surface area contributed by atoms with Gasteiger partial charge in [-0.15, -0.1) is 0 Å². The van der Waals surface area contributed by atoms with Crippen molar-refractivity contribution in [1.29, 1.82) is 0 Å². The van der Waals surface area contributed by atoms with E-state index in [1.807, 2.05) is 0 Å². The summed E-state index contributed by atoms with van der Waals surface area (Å²) in [5.41, 5.74) is -0.739. The number of carboxylic acids is 1. The van der Waals surface area contributed by atoms with Gasteiger partial charge in [-0.3, -0.25) is 4.79 Å². The van der Waals surface area contributed by atoms with Crippen molar-refractivity contribution in [2.24, 2.45) is 0 Å². The molecule has 1 amide bonds. The number of carbonyl (C=O) groups excluding carboxylic acids is 1. The molecule has 0 unspecified atom stereocenters. The Morgan fingerprint density at radius 2 is 1.90 bits per heavy atom. The predicted octanol–water partition coefficient (Wildman–Crippen LogP) is 2.82. The molecule has 5 nitrogen and oxygen atoms in total. The molecule has 0 saturated heterocycles. The lowest BCUT2D eigenvalue weighted by atomic mass is 10.1. The van der Waals surface area contributed by atoms with Gasteiger partial charge in [-0.05, 0) is 24.3 Å². The highest BCUT2D eigenvalue weighted by molar-refractivity contribution is 6.33. The largest absolute Gasteiger partial charge is 0.478 e. The van der Waals surface area contributed by atoms with Crippen LogP contribution in [0.15, 0.2) is 36.5 Å². The van der Waals surface area contributed by atoms with Crippen molar-refractivity contribution in [3.05, 3.63) is 58.6 Å². The van der Waals surface area contributed by atoms with Gasteiger partial charge in [0.2, 0.25) is 0 Å². The van der Waals surface area contributed by atoms with Crippen molar-refractivity contribution in [3.8, 4) is 0 Å². The molecule has 0 saturated carbocycles. The molecule has 2 N–H and O–H groups in total. The number of nitrogens with zero attached hydrogens (tertiary/aromatic N) is 1. The van der Waals surface area contributed by atoms with Crippen molar-refractivity contribution in [3.63, 3.8) is 0 Å². The van der Waals surface area contributed by atoms with Crippen LogP contribution in [0, 0.1) is 5.82 Å². The zero-order valence-corrected chi connectivity index (χ0v) is 10.7.